The highest BCUT2D eigenvalue weighted by atomic mass is 16.2. The summed E-state index contributed by atoms with van der Waals surface area (Å²) in [5, 5.41) is 2.74. The second-order valence-corrected chi connectivity index (χ2v) is 5.56. The van der Waals surface area contributed by atoms with Crippen molar-refractivity contribution in [2.24, 2.45) is 5.92 Å². The van der Waals surface area contributed by atoms with E-state index in [1.165, 1.54) is 0 Å². The predicted octanol–water partition coefficient (Wildman–Crippen LogP) is 0.738. The number of nitrogens with zero attached hydrogens (tertiary/aromatic N) is 2. The molecule has 1 N–H and O–H groups in total. The van der Waals surface area contributed by atoms with E-state index in [-0.39, 0.29) is 18.5 Å². The zero-order valence-corrected chi connectivity index (χ0v) is 13.0. The Kier molecular flexibility index (Phi) is 5.87. The SMILES string of the molecule is CCC(CC)NC(=O)CN1C(=O)C(=O)N(CC(C)C)C1=O. The van der Waals surface area contributed by atoms with Gasteiger partial charge in [-0.25, -0.2) is 9.69 Å². The second kappa shape index (κ2) is 7.19. The zero-order chi connectivity index (χ0) is 16.2. The molecule has 1 rings (SSSR count). The summed E-state index contributed by atoms with van der Waals surface area (Å²) in [6, 6.07) is -0.703. The van der Waals surface area contributed by atoms with Gasteiger partial charge in [0.15, 0.2) is 0 Å². The zero-order valence-electron chi connectivity index (χ0n) is 13.0. The van der Waals surface area contributed by atoms with Gasteiger partial charge in [-0.15, -0.1) is 0 Å². The van der Waals surface area contributed by atoms with Crippen LogP contribution in [0.2, 0.25) is 0 Å². The molecule has 1 aliphatic heterocycles. The number of rotatable bonds is 7. The maximum absolute atomic E-state index is 12.1. The number of hydrogen-bond donors (Lipinski definition) is 1. The van der Waals surface area contributed by atoms with E-state index in [4.69, 9.17) is 0 Å². The Morgan fingerprint density at radius 3 is 2.05 bits per heavy atom. The first kappa shape index (κ1) is 17.1. The van der Waals surface area contributed by atoms with Crippen LogP contribution in [-0.2, 0) is 14.4 Å². The van der Waals surface area contributed by atoms with Crippen molar-refractivity contribution >= 4 is 23.8 Å². The van der Waals surface area contributed by atoms with E-state index in [0.29, 0.717) is 4.90 Å². The summed E-state index contributed by atoms with van der Waals surface area (Å²) < 4.78 is 0. The topological polar surface area (TPSA) is 86.8 Å². The fourth-order valence-electron chi connectivity index (χ4n) is 2.13. The molecule has 0 saturated carbocycles. The van der Waals surface area contributed by atoms with Crippen molar-refractivity contribution in [2.45, 2.75) is 46.6 Å². The van der Waals surface area contributed by atoms with E-state index in [1.807, 2.05) is 27.7 Å². The largest absolute Gasteiger partial charge is 0.352 e. The summed E-state index contributed by atoms with van der Waals surface area (Å²) in [7, 11) is 0. The molecule has 0 bridgehead atoms. The summed E-state index contributed by atoms with van der Waals surface area (Å²) in [5.74, 6) is -2.15. The molecule has 21 heavy (non-hydrogen) atoms. The molecule has 0 spiro atoms. The van der Waals surface area contributed by atoms with Crippen LogP contribution in [0.25, 0.3) is 0 Å². The quantitative estimate of drug-likeness (QED) is 0.554. The summed E-state index contributed by atoms with van der Waals surface area (Å²) in [5.41, 5.74) is 0. The minimum Gasteiger partial charge on any atom is -0.352 e. The van der Waals surface area contributed by atoms with Crippen LogP contribution in [0.5, 0.6) is 0 Å². The molecule has 1 fully saturated rings. The van der Waals surface area contributed by atoms with E-state index in [1.54, 1.807) is 0 Å². The standard InChI is InChI=1S/C14H23N3O4/c1-5-10(6-2)15-11(18)8-17-13(20)12(19)16(14(17)21)7-9(3)4/h9-10H,5-8H2,1-4H3,(H,15,18). The molecule has 7 nitrogen and oxygen atoms in total. The first-order chi connectivity index (χ1) is 9.81. The lowest BCUT2D eigenvalue weighted by atomic mass is 10.2. The molecule has 0 aromatic heterocycles. The number of amides is 5. The van der Waals surface area contributed by atoms with Gasteiger partial charge >= 0.3 is 17.8 Å². The van der Waals surface area contributed by atoms with E-state index >= 15 is 0 Å². The molecule has 118 valence electrons. The van der Waals surface area contributed by atoms with Gasteiger partial charge in [0.25, 0.3) is 0 Å². The monoisotopic (exact) mass is 297 g/mol. The van der Waals surface area contributed by atoms with Crippen molar-refractivity contribution in [3.8, 4) is 0 Å². The predicted molar refractivity (Wildman–Crippen MR) is 76.2 cm³/mol. The molecular weight excluding hydrogens is 274 g/mol. The van der Waals surface area contributed by atoms with Crippen LogP contribution in [0.4, 0.5) is 4.79 Å². The lowest BCUT2D eigenvalue weighted by Gasteiger charge is -2.19. The van der Waals surface area contributed by atoms with E-state index in [0.717, 1.165) is 17.7 Å². The lowest BCUT2D eigenvalue weighted by Crippen LogP contribution is -2.44. The van der Waals surface area contributed by atoms with Gasteiger partial charge in [0.05, 0.1) is 0 Å². The van der Waals surface area contributed by atoms with Crippen LogP contribution in [-0.4, -0.2) is 52.7 Å². The van der Waals surface area contributed by atoms with E-state index in [9.17, 15) is 19.2 Å². The van der Waals surface area contributed by atoms with Crippen molar-refractivity contribution in [3.63, 3.8) is 0 Å². The van der Waals surface area contributed by atoms with Gasteiger partial charge in [-0.2, -0.15) is 0 Å². The minimum atomic E-state index is -0.930. The second-order valence-electron chi connectivity index (χ2n) is 5.56. The maximum atomic E-state index is 12.1. The van der Waals surface area contributed by atoms with Crippen LogP contribution < -0.4 is 5.32 Å². The third kappa shape index (κ3) is 4.03. The molecule has 1 heterocycles. The number of hydrogen-bond acceptors (Lipinski definition) is 4. The van der Waals surface area contributed by atoms with Gasteiger partial charge in [0, 0.05) is 12.6 Å². The van der Waals surface area contributed by atoms with E-state index < -0.39 is 30.3 Å². The molecule has 0 unspecified atom stereocenters. The van der Waals surface area contributed by atoms with Gasteiger partial charge in [0.2, 0.25) is 5.91 Å². The molecule has 0 aromatic rings. The third-order valence-corrected chi connectivity index (χ3v) is 3.34. The Hall–Kier alpha value is -1.92. The van der Waals surface area contributed by atoms with Crippen LogP contribution >= 0.6 is 0 Å². The molecule has 5 amide bonds. The highest BCUT2D eigenvalue weighted by molar-refractivity contribution is 6.45. The van der Waals surface area contributed by atoms with E-state index in [2.05, 4.69) is 5.32 Å². The number of carbonyl (C=O) groups excluding carboxylic acids is 4. The van der Waals surface area contributed by atoms with Crippen LogP contribution in [0.15, 0.2) is 0 Å². The molecular formula is C14H23N3O4. The van der Waals surface area contributed by atoms with Crippen molar-refractivity contribution < 1.29 is 19.2 Å². The van der Waals surface area contributed by atoms with Crippen molar-refractivity contribution in [3.05, 3.63) is 0 Å². The molecule has 1 aliphatic rings. The summed E-state index contributed by atoms with van der Waals surface area (Å²) in [6.07, 6.45) is 1.53. The highest BCUT2D eigenvalue weighted by Gasteiger charge is 2.45. The number of urea groups is 1. The summed E-state index contributed by atoms with van der Waals surface area (Å²) in [4.78, 5) is 49.1. The lowest BCUT2D eigenvalue weighted by molar-refractivity contribution is -0.144. The Labute approximate surface area is 124 Å². The average Bonchev–Trinajstić information content (AvgIpc) is 2.62. The van der Waals surface area contributed by atoms with Crippen molar-refractivity contribution in [1.29, 1.82) is 0 Å². The van der Waals surface area contributed by atoms with Gasteiger partial charge in [-0.05, 0) is 18.8 Å². The highest BCUT2D eigenvalue weighted by Crippen LogP contribution is 2.13. The third-order valence-electron chi connectivity index (χ3n) is 3.34. The van der Waals surface area contributed by atoms with Crippen LogP contribution in [0.3, 0.4) is 0 Å². The summed E-state index contributed by atoms with van der Waals surface area (Å²) in [6.45, 7) is 7.33. The van der Waals surface area contributed by atoms with Gasteiger partial charge in [-0.1, -0.05) is 27.7 Å². The smallest absolute Gasteiger partial charge is 0.334 e. The van der Waals surface area contributed by atoms with Crippen LogP contribution in [0.1, 0.15) is 40.5 Å². The molecule has 0 atom stereocenters. The first-order valence-corrected chi connectivity index (χ1v) is 7.28. The molecule has 0 aliphatic carbocycles. The molecule has 0 aromatic carbocycles. The molecule has 7 heteroatoms. The minimum absolute atomic E-state index is 0.00720. The van der Waals surface area contributed by atoms with Crippen molar-refractivity contribution in [2.75, 3.05) is 13.1 Å². The van der Waals surface area contributed by atoms with Gasteiger partial charge < -0.3 is 5.32 Å². The number of imide groups is 2. The first-order valence-electron chi connectivity index (χ1n) is 7.28. The molecule has 1 saturated heterocycles. The Morgan fingerprint density at radius 1 is 1.05 bits per heavy atom. The van der Waals surface area contributed by atoms with Gasteiger partial charge in [-0.3, -0.25) is 19.3 Å². The summed E-state index contributed by atoms with van der Waals surface area (Å²) >= 11 is 0. The normalized spacial score (nSPS) is 15.6. The number of carbonyl (C=O) groups is 4. The van der Waals surface area contributed by atoms with Crippen molar-refractivity contribution in [1.82, 2.24) is 15.1 Å². The Morgan fingerprint density at radius 2 is 1.57 bits per heavy atom. The average molecular weight is 297 g/mol. The van der Waals surface area contributed by atoms with Gasteiger partial charge in [0.1, 0.15) is 6.54 Å². The maximum Gasteiger partial charge on any atom is 0.334 e. The Balaban J connectivity index is 2.71. The number of nitrogens with one attached hydrogen (secondary N) is 1. The Bertz CT molecular complexity index is 444. The van der Waals surface area contributed by atoms with Crippen LogP contribution in [0, 0.1) is 5.92 Å². The fraction of sp³-hybridized carbons (Fsp3) is 0.714. The fourth-order valence-corrected chi connectivity index (χ4v) is 2.13. The molecule has 0 radical (unpaired) electrons.